The molecule has 0 spiro atoms. The molecule has 2 unspecified atom stereocenters. The highest BCUT2D eigenvalue weighted by Crippen LogP contribution is 2.62. The van der Waals surface area contributed by atoms with Crippen molar-refractivity contribution in [1.82, 2.24) is 15.2 Å². The first-order valence-electron chi connectivity index (χ1n) is 10.6. The first-order valence-corrected chi connectivity index (χ1v) is 10.6. The summed E-state index contributed by atoms with van der Waals surface area (Å²) in [5.41, 5.74) is 0.0211. The topological polar surface area (TPSA) is 62.3 Å². The monoisotopic (exact) mass is 367 g/mol. The second-order valence-electron chi connectivity index (χ2n) is 9.54. The van der Waals surface area contributed by atoms with Crippen LogP contribution >= 0.6 is 0 Å². The summed E-state index contributed by atoms with van der Waals surface area (Å²) in [7, 11) is 0. The summed E-state index contributed by atoms with van der Waals surface area (Å²) in [6.07, 6.45) is 11.3. The molecule has 5 fully saturated rings. The van der Waals surface area contributed by atoms with Crippen molar-refractivity contribution in [1.29, 1.82) is 0 Å². The molecule has 1 N–H and O–H groups in total. The van der Waals surface area contributed by atoms with Gasteiger partial charge in [-0.1, -0.05) is 6.07 Å². The van der Waals surface area contributed by atoms with Crippen LogP contribution in [-0.2, 0) is 4.79 Å². The van der Waals surface area contributed by atoms with Gasteiger partial charge in [-0.05, 0) is 81.8 Å². The van der Waals surface area contributed by atoms with Crippen molar-refractivity contribution in [2.45, 2.75) is 63.3 Å². The smallest absolute Gasteiger partial charge is 0.270 e. The Kier molecular flexibility index (Phi) is 4.03. The van der Waals surface area contributed by atoms with Crippen LogP contribution in [0.2, 0.25) is 0 Å². The van der Waals surface area contributed by atoms with Gasteiger partial charge < -0.3 is 10.2 Å². The van der Waals surface area contributed by atoms with Gasteiger partial charge in [-0.25, -0.2) is 0 Å². The Balaban J connectivity index is 1.40. The Labute approximate surface area is 160 Å². The summed E-state index contributed by atoms with van der Waals surface area (Å²) in [4.78, 5) is 32.7. The van der Waals surface area contributed by atoms with Crippen LogP contribution < -0.4 is 5.32 Å². The zero-order valence-corrected chi connectivity index (χ0v) is 16.0. The Morgan fingerprint density at radius 1 is 1.04 bits per heavy atom. The normalized spacial score (nSPS) is 37.3. The van der Waals surface area contributed by atoms with Gasteiger partial charge >= 0.3 is 0 Å². The number of nitrogens with zero attached hydrogens (tertiary/aromatic N) is 2. The summed E-state index contributed by atoms with van der Waals surface area (Å²) in [6.45, 7) is 1.84. The van der Waals surface area contributed by atoms with Gasteiger partial charge in [0.2, 0.25) is 5.91 Å². The number of piperidine rings is 1. The molecule has 6 rings (SSSR count). The lowest BCUT2D eigenvalue weighted by molar-refractivity contribution is -0.161. The molecule has 1 aliphatic heterocycles. The number of rotatable bonds is 3. The van der Waals surface area contributed by atoms with E-state index in [0.717, 1.165) is 58.0 Å². The van der Waals surface area contributed by atoms with Gasteiger partial charge in [0.15, 0.2) is 0 Å². The molecule has 1 aromatic heterocycles. The molecule has 5 heteroatoms. The number of aromatic nitrogens is 1. The molecule has 0 radical (unpaired) electrons. The third kappa shape index (κ3) is 2.95. The lowest BCUT2D eigenvalue weighted by atomic mass is 9.46. The standard InChI is InChI=1S/C22H29N3O2/c26-19(18-6-2-3-7-23-18)24-22-13-16-10-17(14-22)12-21(11-16,15-22)20(27)25-8-4-1-5-9-25/h2-3,6-7,16-17H,1,4-5,8-15H2,(H,24,26). The SMILES string of the molecule is O=C(NC12CC3CC(C1)CC(C(=O)N1CCCCC1)(C3)C2)c1ccccn1. The number of likely N-dealkylation sites (tertiary alicyclic amines) is 1. The van der Waals surface area contributed by atoms with E-state index in [4.69, 9.17) is 0 Å². The summed E-state index contributed by atoms with van der Waals surface area (Å²) in [5.74, 6) is 1.44. The van der Waals surface area contributed by atoms with Crippen molar-refractivity contribution in [3.63, 3.8) is 0 Å². The van der Waals surface area contributed by atoms with Gasteiger partial charge in [-0.2, -0.15) is 0 Å². The van der Waals surface area contributed by atoms with Gasteiger partial charge in [-0.15, -0.1) is 0 Å². The number of hydrogen-bond acceptors (Lipinski definition) is 3. The Bertz CT molecular complexity index is 727. The maximum absolute atomic E-state index is 13.6. The third-order valence-electron chi connectivity index (χ3n) is 7.43. The molecule has 144 valence electrons. The summed E-state index contributed by atoms with van der Waals surface area (Å²) in [5, 5.41) is 3.35. The molecule has 4 bridgehead atoms. The van der Waals surface area contributed by atoms with Crippen LogP contribution in [0.3, 0.4) is 0 Å². The number of carbonyl (C=O) groups excluding carboxylic acids is 2. The first-order chi connectivity index (χ1) is 13.1. The van der Waals surface area contributed by atoms with E-state index in [1.807, 2.05) is 12.1 Å². The third-order valence-corrected chi connectivity index (χ3v) is 7.43. The zero-order chi connectivity index (χ0) is 18.5. The fraction of sp³-hybridized carbons (Fsp3) is 0.682. The molecule has 2 heterocycles. The largest absolute Gasteiger partial charge is 0.345 e. The van der Waals surface area contributed by atoms with Crippen LogP contribution in [0.25, 0.3) is 0 Å². The molecule has 27 heavy (non-hydrogen) atoms. The van der Waals surface area contributed by atoms with Crippen LogP contribution in [-0.4, -0.2) is 40.3 Å². The average molecular weight is 367 g/mol. The van der Waals surface area contributed by atoms with Gasteiger partial charge in [0.25, 0.3) is 5.91 Å². The average Bonchev–Trinajstić information content (AvgIpc) is 2.67. The molecule has 1 saturated heterocycles. The van der Waals surface area contributed by atoms with Crippen molar-refractivity contribution in [2.24, 2.45) is 17.3 Å². The molecule has 2 amide bonds. The van der Waals surface area contributed by atoms with E-state index in [9.17, 15) is 9.59 Å². The number of carbonyl (C=O) groups is 2. The first kappa shape index (κ1) is 17.2. The number of nitrogens with one attached hydrogen (secondary N) is 1. The number of amides is 2. The van der Waals surface area contributed by atoms with Crippen molar-refractivity contribution in [3.05, 3.63) is 30.1 Å². The minimum absolute atomic E-state index is 0.0851. The van der Waals surface area contributed by atoms with E-state index in [1.165, 1.54) is 12.8 Å². The van der Waals surface area contributed by atoms with Crippen molar-refractivity contribution >= 4 is 11.8 Å². The van der Waals surface area contributed by atoms with Crippen LogP contribution in [0.4, 0.5) is 0 Å². The molecule has 2 atom stereocenters. The van der Waals surface area contributed by atoms with E-state index >= 15 is 0 Å². The maximum atomic E-state index is 13.6. The maximum Gasteiger partial charge on any atom is 0.270 e. The molecule has 4 aliphatic carbocycles. The highest BCUT2D eigenvalue weighted by atomic mass is 16.2. The second kappa shape index (κ2) is 6.32. The van der Waals surface area contributed by atoms with Crippen LogP contribution in [0.5, 0.6) is 0 Å². The summed E-state index contributed by atoms with van der Waals surface area (Å²) in [6, 6.07) is 5.45. The fourth-order valence-electron chi connectivity index (χ4n) is 6.89. The summed E-state index contributed by atoms with van der Waals surface area (Å²) >= 11 is 0. The molecular formula is C22H29N3O2. The summed E-state index contributed by atoms with van der Waals surface area (Å²) < 4.78 is 0. The van der Waals surface area contributed by atoms with Crippen molar-refractivity contribution in [2.75, 3.05) is 13.1 Å². The number of hydrogen-bond donors (Lipinski definition) is 1. The van der Waals surface area contributed by atoms with Crippen molar-refractivity contribution in [3.8, 4) is 0 Å². The van der Waals surface area contributed by atoms with E-state index in [0.29, 0.717) is 23.4 Å². The van der Waals surface area contributed by atoms with Gasteiger partial charge in [0, 0.05) is 24.8 Å². The minimum atomic E-state index is -0.237. The number of pyridine rings is 1. The minimum Gasteiger partial charge on any atom is -0.345 e. The second-order valence-corrected chi connectivity index (χ2v) is 9.54. The van der Waals surface area contributed by atoms with Crippen molar-refractivity contribution < 1.29 is 9.59 Å². The molecule has 4 saturated carbocycles. The van der Waals surface area contributed by atoms with Crippen LogP contribution in [0.15, 0.2) is 24.4 Å². The Morgan fingerprint density at radius 3 is 2.44 bits per heavy atom. The zero-order valence-electron chi connectivity index (χ0n) is 16.0. The molecule has 1 aromatic rings. The lowest BCUT2D eigenvalue weighted by Crippen LogP contribution is -2.66. The fourth-order valence-corrected chi connectivity index (χ4v) is 6.89. The Morgan fingerprint density at radius 2 is 1.78 bits per heavy atom. The van der Waals surface area contributed by atoms with E-state index in [2.05, 4.69) is 15.2 Å². The highest BCUT2D eigenvalue weighted by molar-refractivity contribution is 5.93. The lowest BCUT2D eigenvalue weighted by Gasteiger charge is -2.62. The quantitative estimate of drug-likeness (QED) is 0.893. The van der Waals surface area contributed by atoms with E-state index in [1.54, 1.807) is 12.3 Å². The van der Waals surface area contributed by atoms with Gasteiger partial charge in [-0.3, -0.25) is 14.6 Å². The van der Waals surface area contributed by atoms with Gasteiger partial charge in [0.05, 0.1) is 5.41 Å². The van der Waals surface area contributed by atoms with E-state index < -0.39 is 0 Å². The van der Waals surface area contributed by atoms with Crippen LogP contribution in [0.1, 0.15) is 68.3 Å². The molecule has 5 aliphatic rings. The Hall–Kier alpha value is -1.91. The highest BCUT2D eigenvalue weighted by Gasteiger charge is 2.61. The predicted molar refractivity (Wildman–Crippen MR) is 102 cm³/mol. The van der Waals surface area contributed by atoms with E-state index in [-0.39, 0.29) is 16.9 Å². The molecule has 5 nitrogen and oxygen atoms in total. The van der Waals surface area contributed by atoms with Gasteiger partial charge in [0.1, 0.15) is 5.69 Å². The van der Waals surface area contributed by atoms with Crippen LogP contribution in [0, 0.1) is 17.3 Å². The predicted octanol–water partition coefficient (Wildman–Crippen LogP) is 3.16. The molecular weight excluding hydrogens is 338 g/mol. The molecule has 0 aromatic carbocycles.